The number of amides is 1. The number of nitrogens with zero attached hydrogens (tertiary/aromatic N) is 1. The number of rotatable bonds is 7. The molecule has 3 rings (SSSR count). The number of thiazole rings is 1. The summed E-state index contributed by atoms with van der Waals surface area (Å²) in [7, 11) is 1.59. The number of methoxy groups -OCH3 is 1. The van der Waals surface area contributed by atoms with Gasteiger partial charge in [-0.3, -0.25) is 4.79 Å². The molecular weight excluding hydrogens is 370 g/mol. The van der Waals surface area contributed by atoms with E-state index in [0.717, 1.165) is 21.2 Å². The largest absolute Gasteiger partial charge is 0.495 e. The van der Waals surface area contributed by atoms with Crippen LogP contribution in [0.25, 0.3) is 0 Å². The average Bonchev–Trinajstić information content (AvgIpc) is 3.09. The van der Waals surface area contributed by atoms with E-state index in [2.05, 4.69) is 15.6 Å². The molecule has 3 aromatic rings. The zero-order valence-corrected chi connectivity index (χ0v) is 15.7. The molecule has 0 aliphatic carbocycles. The van der Waals surface area contributed by atoms with E-state index < -0.39 is 0 Å². The van der Waals surface area contributed by atoms with Crippen molar-refractivity contribution in [2.24, 2.45) is 0 Å². The SMILES string of the molecule is COc1ccccc1NCC(=O)Nc1ncc(Cc2ccccc2Cl)s1. The van der Waals surface area contributed by atoms with Crippen molar-refractivity contribution in [3.8, 4) is 5.75 Å². The minimum Gasteiger partial charge on any atom is -0.495 e. The number of carbonyl (C=O) groups excluding carboxylic acids is 1. The second-order valence-corrected chi connectivity index (χ2v) is 7.02. The van der Waals surface area contributed by atoms with E-state index in [1.807, 2.05) is 48.5 Å². The molecule has 0 bridgehead atoms. The predicted molar refractivity (Wildman–Crippen MR) is 106 cm³/mol. The Morgan fingerprint density at radius 1 is 1.19 bits per heavy atom. The summed E-state index contributed by atoms with van der Waals surface area (Å²) in [5.74, 6) is 0.520. The van der Waals surface area contributed by atoms with E-state index >= 15 is 0 Å². The number of anilines is 2. The lowest BCUT2D eigenvalue weighted by Crippen LogP contribution is -2.21. The molecule has 26 heavy (non-hydrogen) atoms. The van der Waals surface area contributed by atoms with Crippen LogP contribution in [0.3, 0.4) is 0 Å². The first kappa shape index (κ1) is 18.2. The number of hydrogen-bond donors (Lipinski definition) is 2. The summed E-state index contributed by atoms with van der Waals surface area (Å²) in [6.45, 7) is 0.125. The Labute approximate surface area is 161 Å². The molecule has 134 valence electrons. The highest BCUT2D eigenvalue weighted by Gasteiger charge is 2.09. The van der Waals surface area contributed by atoms with Crippen molar-refractivity contribution >= 4 is 39.7 Å². The molecule has 0 aliphatic heterocycles. The molecule has 0 saturated carbocycles. The first-order chi connectivity index (χ1) is 12.7. The molecule has 0 aliphatic rings. The highest BCUT2D eigenvalue weighted by molar-refractivity contribution is 7.15. The van der Waals surface area contributed by atoms with Crippen molar-refractivity contribution in [2.75, 3.05) is 24.3 Å². The summed E-state index contributed by atoms with van der Waals surface area (Å²) in [4.78, 5) is 17.4. The Balaban J connectivity index is 1.55. The van der Waals surface area contributed by atoms with Gasteiger partial charge in [0.05, 0.1) is 19.3 Å². The van der Waals surface area contributed by atoms with E-state index in [9.17, 15) is 4.79 Å². The summed E-state index contributed by atoms with van der Waals surface area (Å²) in [5, 5.41) is 7.16. The molecular formula is C19H18ClN3O2S. The predicted octanol–water partition coefficient (Wildman–Crippen LogP) is 4.45. The third kappa shape index (κ3) is 4.74. The number of carbonyl (C=O) groups is 1. The lowest BCUT2D eigenvalue weighted by atomic mass is 10.1. The van der Waals surface area contributed by atoms with Crippen molar-refractivity contribution in [3.05, 3.63) is 70.2 Å². The topological polar surface area (TPSA) is 63.2 Å². The molecule has 5 nitrogen and oxygen atoms in total. The fraction of sp³-hybridized carbons (Fsp3) is 0.158. The van der Waals surface area contributed by atoms with Gasteiger partial charge in [0, 0.05) is 22.5 Å². The first-order valence-corrected chi connectivity index (χ1v) is 9.20. The molecule has 1 aromatic heterocycles. The first-order valence-electron chi connectivity index (χ1n) is 8.00. The van der Waals surface area contributed by atoms with Gasteiger partial charge in [0.1, 0.15) is 5.75 Å². The minimum atomic E-state index is -0.172. The number of para-hydroxylation sites is 2. The van der Waals surface area contributed by atoms with Crippen LogP contribution >= 0.6 is 22.9 Å². The van der Waals surface area contributed by atoms with Gasteiger partial charge in [0.25, 0.3) is 0 Å². The summed E-state index contributed by atoms with van der Waals surface area (Å²) >= 11 is 7.63. The second kappa shape index (κ2) is 8.69. The number of halogens is 1. The van der Waals surface area contributed by atoms with Crippen molar-refractivity contribution < 1.29 is 9.53 Å². The highest BCUT2D eigenvalue weighted by Crippen LogP contribution is 2.25. The minimum absolute atomic E-state index is 0.125. The van der Waals surface area contributed by atoms with E-state index in [-0.39, 0.29) is 12.5 Å². The van der Waals surface area contributed by atoms with E-state index in [1.165, 1.54) is 11.3 Å². The lowest BCUT2D eigenvalue weighted by Gasteiger charge is -2.10. The number of benzene rings is 2. The van der Waals surface area contributed by atoms with Gasteiger partial charge in [-0.1, -0.05) is 41.9 Å². The van der Waals surface area contributed by atoms with E-state index in [0.29, 0.717) is 17.3 Å². The lowest BCUT2D eigenvalue weighted by molar-refractivity contribution is -0.114. The maximum atomic E-state index is 12.1. The van der Waals surface area contributed by atoms with Crippen LogP contribution in [0.15, 0.2) is 54.7 Å². The monoisotopic (exact) mass is 387 g/mol. The number of hydrogen-bond acceptors (Lipinski definition) is 5. The standard InChI is InChI=1S/C19H18ClN3O2S/c1-25-17-9-5-4-8-16(17)21-12-18(24)23-19-22-11-14(26-19)10-13-6-2-3-7-15(13)20/h2-9,11,21H,10,12H2,1H3,(H,22,23,24). The Bertz CT molecular complexity index is 898. The Hall–Kier alpha value is -2.57. The van der Waals surface area contributed by atoms with Crippen LogP contribution in [-0.2, 0) is 11.2 Å². The molecule has 1 amide bonds. The molecule has 0 unspecified atom stereocenters. The molecule has 1 heterocycles. The van der Waals surface area contributed by atoms with Gasteiger partial charge in [-0.05, 0) is 23.8 Å². The van der Waals surface area contributed by atoms with Gasteiger partial charge >= 0.3 is 0 Å². The van der Waals surface area contributed by atoms with Crippen LogP contribution in [-0.4, -0.2) is 24.5 Å². The van der Waals surface area contributed by atoms with Gasteiger partial charge in [-0.2, -0.15) is 0 Å². The summed E-state index contributed by atoms with van der Waals surface area (Å²) < 4.78 is 5.25. The number of ether oxygens (including phenoxy) is 1. The maximum Gasteiger partial charge on any atom is 0.245 e. The van der Waals surface area contributed by atoms with Gasteiger partial charge in [0.2, 0.25) is 5.91 Å². The summed E-state index contributed by atoms with van der Waals surface area (Å²) in [5.41, 5.74) is 1.80. The van der Waals surface area contributed by atoms with E-state index in [4.69, 9.17) is 16.3 Å². The fourth-order valence-corrected chi connectivity index (χ4v) is 3.46. The van der Waals surface area contributed by atoms with E-state index in [1.54, 1.807) is 13.3 Å². The smallest absolute Gasteiger partial charge is 0.245 e. The third-order valence-electron chi connectivity index (χ3n) is 3.67. The Morgan fingerprint density at radius 3 is 2.77 bits per heavy atom. The average molecular weight is 388 g/mol. The number of nitrogens with one attached hydrogen (secondary N) is 2. The van der Waals surface area contributed by atoms with Crippen molar-refractivity contribution in [3.63, 3.8) is 0 Å². The molecule has 0 atom stereocenters. The second-order valence-electron chi connectivity index (χ2n) is 5.50. The highest BCUT2D eigenvalue weighted by atomic mass is 35.5. The van der Waals surface area contributed by atoms with Crippen LogP contribution in [0, 0.1) is 0 Å². The fourth-order valence-electron chi connectivity index (χ4n) is 2.41. The molecule has 0 fully saturated rings. The molecule has 0 radical (unpaired) electrons. The van der Waals surface area contributed by atoms with Crippen molar-refractivity contribution in [1.29, 1.82) is 0 Å². The molecule has 2 N–H and O–H groups in total. The van der Waals surface area contributed by atoms with Crippen LogP contribution in [0.4, 0.5) is 10.8 Å². The number of aromatic nitrogens is 1. The molecule has 2 aromatic carbocycles. The molecule has 0 spiro atoms. The van der Waals surface area contributed by atoms with Crippen LogP contribution in [0.2, 0.25) is 5.02 Å². The van der Waals surface area contributed by atoms with Crippen LogP contribution in [0.5, 0.6) is 5.75 Å². The summed E-state index contributed by atoms with van der Waals surface area (Å²) in [6.07, 6.45) is 2.45. The van der Waals surface area contributed by atoms with Crippen LogP contribution < -0.4 is 15.4 Å². The van der Waals surface area contributed by atoms with Crippen LogP contribution in [0.1, 0.15) is 10.4 Å². The Kier molecular flexibility index (Phi) is 6.09. The zero-order chi connectivity index (χ0) is 18.4. The molecule has 7 heteroatoms. The Morgan fingerprint density at radius 2 is 1.96 bits per heavy atom. The van der Waals surface area contributed by atoms with Gasteiger partial charge in [0.15, 0.2) is 5.13 Å². The quantitative estimate of drug-likeness (QED) is 0.628. The van der Waals surface area contributed by atoms with Crippen molar-refractivity contribution in [2.45, 2.75) is 6.42 Å². The summed E-state index contributed by atoms with van der Waals surface area (Å²) in [6, 6.07) is 15.2. The van der Waals surface area contributed by atoms with Crippen molar-refractivity contribution in [1.82, 2.24) is 4.98 Å². The normalized spacial score (nSPS) is 10.4. The maximum absolute atomic E-state index is 12.1. The van der Waals surface area contributed by atoms with Gasteiger partial charge in [-0.15, -0.1) is 11.3 Å². The van der Waals surface area contributed by atoms with Gasteiger partial charge in [-0.25, -0.2) is 4.98 Å². The zero-order valence-electron chi connectivity index (χ0n) is 14.2. The molecule has 0 saturated heterocycles. The third-order valence-corrected chi connectivity index (χ3v) is 4.95. The van der Waals surface area contributed by atoms with Gasteiger partial charge < -0.3 is 15.4 Å².